The van der Waals surface area contributed by atoms with Crippen molar-refractivity contribution in [3.05, 3.63) is 53.6 Å². The second-order valence-corrected chi connectivity index (χ2v) is 5.64. The van der Waals surface area contributed by atoms with Crippen molar-refractivity contribution in [1.29, 1.82) is 0 Å². The van der Waals surface area contributed by atoms with E-state index in [9.17, 15) is 18.4 Å². The summed E-state index contributed by atoms with van der Waals surface area (Å²) < 4.78 is 38.2. The molecule has 2 aromatic rings. The van der Waals surface area contributed by atoms with E-state index in [-0.39, 0.29) is 6.54 Å². The minimum Gasteiger partial charge on any atom is -0.493 e. The van der Waals surface area contributed by atoms with Crippen molar-refractivity contribution >= 4 is 17.5 Å². The van der Waals surface area contributed by atoms with Crippen LogP contribution in [0.4, 0.5) is 14.5 Å². The molecule has 0 heterocycles. The van der Waals surface area contributed by atoms with Gasteiger partial charge in [-0.15, -0.1) is 0 Å². The predicted octanol–water partition coefficient (Wildman–Crippen LogP) is 2.65. The number of methoxy groups -OCH3 is 2. The van der Waals surface area contributed by atoms with E-state index >= 15 is 0 Å². The van der Waals surface area contributed by atoms with Gasteiger partial charge in [0, 0.05) is 13.5 Å². The maximum absolute atomic E-state index is 13.9. The molecule has 0 atom stereocenters. The van der Waals surface area contributed by atoms with Gasteiger partial charge < -0.3 is 14.8 Å². The number of hydrogen-bond donors (Lipinski definition) is 1. The smallest absolute Gasteiger partial charge is 0.240 e. The van der Waals surface area contributed by atoms with Crippen LogP contribution >= 0.6 is 0 Å². The Bertz CT molecular complexity index is 822. The Morgan fingerprint density at radius 2 is 1.67 bits per heavy atom. The Balaban J connectivity index is 2.08. The zero-order valence-electron chi connectivity index (χ0n) is 15.2. The summed E-state index contributed by atoms with van der Waals surface area (Å²) in [4.78, 5) is 24.8. The van der Waals surface area contributed by atoms with Gasteiger partial charge in [0.15, 0.2) is 11.5 Å². The fraction of sp³-hybridized carbons (Fsp3) is 0.263. The van der Waals surface area contributed by atoms with Crippen molar-refractivity contribution in [1.82, 2.24) is 5.32 Å². The number of ether oxygens (including phenoxy) is 2. The normalized spacial score (nSPS) is 10.3. The zero-order valence-corrected chi connectivity index (χ0v) is 15.2. The molecule has 0 radical (unpaired) electrons. The lowest BCUT2D eigenvalue weighted by Crippen LogP contribution is -2.40. The highest BCUT2D eigenvalue weighted by atomic mass is 19.1. The van der Waals surface area contributed by atoms with Crippen LogP contribution in [0.15, 0.2) is 36.4 Å². The average molecular weight is 378 g/mol. The Morgan fingerprint density at radius 1 is 1.04 bits per heavy atom. The molecular weight excluding hydrogens is 358 g/mol. The topological polar surface area (TPSA) is 67.9 Å². The molecule has 0 unspecified atom stereocenters. The molecule has 0 aliphatic rings. The molecular formula is C19H20F2N2O4. The molecule has 1 N–H and O–H groups in total. The third kappa shape index (κ3) is 4.93. The van der Waals surface area contributed by atoms with E-state index in [2.05, 4.69) is 5.32 Å². The quantitative estimate of drug-likeness (QED) is 0.804. The molecule has 0 aliphatic heterocycles. The first-order valence-electron chi connectivity index (χ1n) is 8.07. The van der Waals surface area contributed by atoms with Gasteiger partial charge in [0.1, 0.15) is 23.9 Å². The third-order valence-corrected chi connectivity index (χ3v) is 3.83. The minimum absolute atomic E-state index is 0.144. The van der Waals surface area contributed by atoms with Crippen molar-refractivity contribution in [2.24, 2.45) is 0 Å². The summed E-state index contributed by atoms with van der Waals surface area (Å²) in [5.41, 5.74) is 0.179. The van der Waals surface area contributed by atoms with Gasteiger partial charge in [-0.3, -0.25) is 14.5 Å². The number of carbonyl (C=O) groups is 2. The first-order valence-corrected chi connectivity index (χ1v) is 8.07. The molecule has 0 saturated carbocycles. The maximum Gasteiger partial charge on any atom is 0.240 e. The average Bonchev–Trinajstić information content (AvgIpc) is 2.64. The van der Waals surface area contributed by atoms with Crippen LogP contribution in [0, 0.1) is 11.6 Å². The zero-order chi connectivity index (χ0) is 20.0. The molecule has 0 saturated heterocycles. The summed E-state index contributed by atoms with van der Waals surface area (Å²) in [6.45, 7) is 0.763. The minimum atomic E-state index is -0.919. The highest BCUT2D eigenvalue weighted by Crippen LogP contribution is 2.27. The molecule has 0 aromatic heterocycles. The van der Waals surface area contributed by atoms with Crippen molar-refractivity contribution < 1.29 is 27.8 Å². The number of nitrogens with one attached hydrogen (secondary N) is 1. The molecule has 0 bridgehead atoms. The summed E-state index contributed by atoms with van der Waals surface area (Å²) in [5, 5.41) is 2.61. The van der Waals surface area contributed by atoms with E-state index in [1.165, 1.54) is 20.3 Å². The van der Waals surface area contributed by atoms with Crippen molar-refractivity contribution in [2.75, 3.05) is 25.7 Å². The second-order valence-electron chi connectivity index (χ2n) is 5.64. The summed E-state index contributed by atoms with van der Waals surface area (Å²) >= 11 is 0. The summed E-state index contributed by atoms with van der Waals surface area (Å²) in [6, 6.07) is 8.35. The summed E-state index contributed by atoms with van der Waals surface area (Å²) in [7, 11) is 3.01. The number of hydrogen-bond acceptors (Lipinski definition) is 4. The van der Waals surface area contributed by atoms with Crippen LogP contribution in [-0.2, 0) is 16.1 Å². The van der Waals surface area contributed by atoms with Crippen molar-refractivity contribution in [3.63, 3.8) is 0 Å². The lowest BCUT2D eigenvalue weighted by Gasteiger charge is -2.21. The summed E-state index contributed by atoms with van der Waals surface area (Å²) in [5.74, 6) is -2.01. The van der Waals surface area contributed by atoms with Crippen LogP contribution < -0.4 is 19.7 Å². The lowest BCUT2D eigenvalue weighted by atomic mass is 10.2. The van der Waals surface area contributed by atoms with Crippen LogP contribution in [0.3, 0.4) is 0 Å². The first-order chi connectivity index (χ1) is 12.9. The SMILES string of the molecule is COc1ccc(CNC(=O)CN(C(C)=O)c2c(F)cccc2F)cc1OC. The number of carbonyl (C=O) groups excluding carboxylic acids is 2. The molecule has 6 nitrogen and oxygen atoms in total. The Morgan fingerprint density at radius 3 is 2.22 bits per heavy atom. The molecule has 0 fully saturated rings. The van der Waals surface area contributed by atoms with Gasteiger partial charge in [0.25, 0.3) is 0 Å². The number of amides is 2. The number of benzene rings is 2. The highest BCUT2D eigenvalue weighted by Gasteiger charge is 2.22. The van der Waals surface area contributed by atoms with E-state index in [1.807, 2.05) is 0 Å². The van der Waals surface area contributed by atoms with Crippen LogP contribution in [-0.4, -0.2) is 32.6 Å². The molecule has 2 amide bonds. The van der Waals surface area contributed by atoms with Crippen molar-refractivity contribution in [2.45, 2.75) is 13.5 Å². The Labute approximate surface area is 155 Å². The van der Waals surface area contributed by atoms with Gasteiger partial charge in [0.2, 0.25) is 11.8 Å². The van der Waals surface area contributed by atoms with E-state index < -0.39 is 35.7 Å². The van der Waals surface area contributed by atoms with Gasteiger partial charge >= 0.3 is 0 Å². The standard InChI is InChI=1S/C19H20F2N2O4/c1-12(24)23(19-14(20)5-4-6-15(19)21)11-18(25)22-10-13-7-8-16(26-2)17(9-13)27-3/h4-9H,10-11H2,1-3H3,(H,22,25). The van der Waals surface area contributed by atoms with Gasteiger partial charge in [-0.25, -0.2) is 8.78 Å². The monoisotopic (exact) mass is 378 g/mol. The lowest BCUT2D eigenvalue weighted by molar-refractivity contribution is -0.123. The van der Waals surface area contributed by atoms with E-state index in [1.54, 1.807) is 18.2 Å². The van der Waals surface area contributed by atoms with Gasteiger partial charge in [0.05, 0.1) is 14.2 Å². The van der Waals surface area contributed by atoms with E-state index in [0.717, 1.165) is 29.5 Å². The maximum atomic E-state index is 13.9. The number of nitrogens with zero attached hydrogens (tertiary/aromatic N) is 1. The Kier molecular flexibility index (Phi) is 6.70. The molecule has 27 heavy (non-hydrogen) atoms. The molecule has 0 spiro atoms. The van der Waals surface area contributed by atoms with Crippen LogP contribution in [0.25, 0.3) is 0 Å². The number of rotatable bonds is 7. The van der Waals surface area contributed by atoms with E-state index in [0.29, 0.717) is 11.5 Å². The predicted molar refractivity (Wildman–Crippen MR) is 95.8 cm³/mol. The fourth-order valence-corrected chi connectivity index (χ4v) is 2.49. The van der Waals surface area contributed by atoms with Crippen LogP contribution in [0.5, 0.6) is 11.5 Å². The fourth-order valence-electron chi connectivity index (χ4n) is 2.49. The van der Waals surface area contributed by atoms with E-state index in [4.69, 9.17) is 9.47 Å². The van der Waals surface area contributed by atoms with Crippen LogP contribution in [0.2, 0.25) is 0 Å². The molecule has 0 aliphatic carbocycles. The Hall–Kier alpha value is -3.16. The first kappa shape index (κ1) is 20.2. The van der Waals surface area contributed by atoms with Gasteiger partial charge in [-0.05, 0) is 29.8 Å². The number of anilines is 1. The number of halogens is 2. The molecule has 2 rings (SSSR count). The third-order valence-electron chi connectivity index (χ3n) is 3.83. The number of para-hydroxylation sites is 1. The van der Waals surface area contributed by atoms with Crippen molar-refractivity contribution in [3.8, 4) is 11.5 Å². The molecule has 144 valence electrons. The largest absolute Gasteiger partial charge is 0.493 e. The highest BCUT2D eigenvalue weighted by molar-refractivity contribution is 5.97. The molecule has 8 heteroatoms. The van der Waals surface area contributed by atoms with Gasteiger partial charge in [-0.1, -0.05) is 12.1 Å². The van der Waals surface area contributed by atoms with Crippen LogP contribution in [0.1, 0.15) is 12.5 Å². The second kappa shape index (κ2) is 8.98. The van der Waals surface area contributed by atoms with Gasteiger partial charge in [-0.2, -0.15) is 0 Å². The molecule has 2 aromatic carbocycles. The summed E-state index contributed by atoms with van der Waals surface area (Å²) in [6.07, 6.45) is 0.